The molecule has 0 spiro atoms. The second-order valence-electron chi connectivity index (χ2n) is 17.1. The lowest BCUT2D eigenvalue weighted by Crippen LogP contribution is -2.35. The van der Waals surface area contributed by atoms with E-state index in [4.69, 9.17) is 27.8 Å². The van der Waals surface area contributed by atoms with Gasteiger partial charge in [-0.2, -0.15) is 0 Å². The van der Waals surface area contributed by atoms with Crippen LogP contribution in [0.15, 0.2) is 142 Å². The van der Waals surface area contributed by atoms with Crippen molar-refractivity contribution in [3.8, 4) is 68.8 Å². The largest absolute Gasteiger partial charge is 0.494 e. The fourth-order valence-corrected chi connectivity index (χ4v) is 7.92. The van der Waals surface area contributed by atoms with Gasteiger partial charge in [-0.05, 0) is 133 Å². The van der Waals surface area contributed by atoms with E-state index in [-0.39, 0.29) is 36.1 Å². The van der Waals surface area contributed by atoms with Gasteiger partial charge in [0, 0.05) is 22.3 Å². The highest BCUT2D eigenvalue weighted by Gasteiger charge is 2.22. The van der Waals surface area contributed by atoms with E-state index in [1.54, 1.807) is 48.6 Å². The summed E-state index contributed by atoms with van der Waals surface area (Å²) < 4.78 is 35.3. The molecule has 0 amide bonds. The molecule has 0 fully saturated rings. The first kappa shape index (κ1) is 54.0. The molecule has 2 aromatic heterocycles. The van der Waals surface area contributed by atoms with Gasteiger partial charge in [-0.1, -0.05) is 60.7 Å². The first-order valence-electron chi connectivity index (χ1n) is 24.4. The Labute approximate surface area is 446 Å². The Bertz CT molecular complexity index is 3150. The van der Waals surface area contributed by atoms with E-state index in [2.05, 4.69) is 20.4 Å². The van der Waals surface area contributed by atoms with Crippen molar-refractivity contribution in [1.29, 1.82) is 0 Å². The number of carboxylic acids is 4. The van der Waals surface area contributed by atoms with E-state index in [0.717, 1.165) is 43.6 Å². The molecule has 0 saturated heterocycles. The Kier molecular flexibility index (Phi) is 17.9. The SMILES string of the molecule is CCOc1ccc(-c2nnc(-c3ccc(/C=C/c4ccc(N(CC(=O)O)CC(=O)O)c(OCCOc5cc(/C=C/c6ccc(-c7nnc(-c8ccc(OCC)cc8)o7)cc6)ccc5N(CC(=O)O)CC(=O)O)c4)cc3)o2)cc1. The quantitative estimate of drug-likeness (QED) is 0.0275. The van der Waals surface area contributed by atoms with E-state index >= 15 is 0 Å². The molecule has 0 bridgehead atoms. The highest BCUT2D eigenvalue weighted by atomic mass is 16.5. The van der Waals surface area contributed by atoms with Crippen LogP contribution >= 0.6 is 0 Å². The van der Waals surface area contributed by atoms with Crippen molar-refractivity contribution in [3.05, 3.63) is 156 Å². The van der Waals surface area contributed by atoms with Crippen molar-refractivity contribution in [3.63, 3.8) is 0 Å². The van der Waals surface area contributed by atoms with E-state index < -0.39 is 50.1 Å². The van der Waals surface area contributed by atoms with Crippen LogP contribution in [0.5, 0.6) is 23.0 Å². The van der Waals surface area contributed by atoms with Gasteiger partial charge in [0.2, 0.25) is 23.6 Å². The van der Waals surface area contributed by atoms with Gasteiger partial charge in [-0.3, -0.25) is 19.2 Å². The topological polar surface area (TPSA) is 270 Å². The predicted molar refractivity (Wildman–Crippen MR) is 289 cm³/mol. The first-order valence-corrected chi connectivity index (χ1v) is 24.4. The number of nitrogens with zero attached hydrogens (tertiary/aromatic N) is 6. The van der Waals surface area contributed by atoms with Crippen molar-refractivity contribution in [1.82, 2.24) is 20.4 Å². The summed E-state index contributed by atoms with van der Waals surface area (Å²) >= 11 is 0. The summed E-state index contributed by atoms with van der Waals surface area (Å²) in [5.41, 5.74) is 6.12. The zero-order valence-electron chi connectivity index (χ0n) is 42.2. The number of ether oxygens (including phenoxy) is 4. The van der Waals surface area contributed by atoms with Crippen molar-refractivity contribution < 1.29 is 67.4 Å². The molecule has 0 saturated carbocycles. The van der Waals surface area contributed by atoms with Crippen LogP contribution in [0.25, 0.3) is 70.1 Å². The summed E-state index contributed by atoms with van der Waals surface area (Å²) in [4.78, 5) is 50.0. The Morgan fingerprint density at radius 2 is 0.692 bits per heavy atom. The lowest BCUT2D eigenvalue weighted by atomic mass is 10.1. The van der Waals surface area contributed by atoms with Crippen LogP contribution in [-0.4, -0.2) is 117 Å². The summed E-state index contributed by atoms with van der Waals surface area (Å²) in [6, 6.07) is 39.2. The number of aliphatic carboxylic acids is 4. The molecule has 398 valence electrons. The van der Waals surface area contributed by atoms with E-state index in [0.29, 0.717) is 59.0 Å². The third kappa shape index (κ3) is 14.7. The Hall–Kier alpha value is -10.2. The number of aromatic nitrogens is 4. The van der Waals surface area contributed by atoms with Crippen LogP contribution in [-0.2, 0) is 19.2 Å². The summed E-state index contributed by atoms with van der Waals surface area (Å²) in [5, 5.41) is 55.7. The Balaban J connectivity index is 0.979. The minimum absolute atomic E-state index is 0.145. The summed E-state index contributed by atoms with van der Waals surface area (Å²) in [6.07, 6.45) is 7.27. The van der Waals surface area contributed by atoms with Crippen LogP contribution in [0.2, 0.25) is 0 Å². The number of rotatable bonds is 27. The number of benzene rings is 6. The summed E-state index contributed by atoms with van der Waals surface area (Å²) in [5.74, 6) is -1.94. The molecule has 0 radical (unpaired) electrons. The molecule has 8 rings (SSSR count). The lowest BCUT2D eigenvalue weighted by Gasteiger charge is -2.25. The number of anilines is 2. The minimum Gasteiger partial charge on any atom is -0.494 e. The van der Waals surface area contributed by atoms with Gasteiger partial charge < -0.3 is 58.0 Å². The van der Waals surface area contributed by atoms with Crippen molar-refractivity contribution in [2.75, 3.05) is 62.4 Å². The van der Waals surface area contributed by atoms with E-state index in [9.17, 15) is 39.6 Å². The molecule has 20 heteroatoms. The zero-order valence-corrected chi connectivity index (χ0v) is 42.2. The number of hydrogen-bond acceptors (Lipinski definition) is 16. The maximum Gasteiger partial charge on any atom is 0.323 e. The summed E-state index contributed by atoms with van der Waals surface area (Å²) in [6.45, 7) is 1.98. The van der Waals surface area contributed by atoms with Gasteiger partial charge in [-0.25, -0.2) is 0 Å². The van der Waals surface area contributed by atoms with Gasteiger partial charge in [0.25, 0.3) is 0 Å². The number of hydrogen-bond donors (Lipinski definition) is 4. The predicted octanol–water partition coefficient (Wildman–Crippen LogP) is 9.67. The molecule has 6 aromatic carbocycles. The lowest BCUT2D eigenvalue weighted by molar-refractivity contribution is -0.138. The molecule has 2 heterocycles. The maximum absolute atomic E-state index is 11.9. The van der Waals surface area contributed by atoms with Crippen molar-refractivity contribution in [2.45, 2.75) is 13.8 Å². The monoisotopic (exact) mass is 1060 g/mol. The fourth-order valence-electron chi connectivity index (χ4n) is 7.92. The van der Waals surface area contributed by atoms with Gasteiger partial charge in [0.05, 0.1) is 24.6 Å². The highest BCUT2D eigenvalue weighted by molar-refractivity contribution is 5.84. The molecule has 20 nitrogen and oxygen atoms in total. The second kappa shape index (κ2) is 25.8. The van der Waals surface area contributed by atoms with E-state index in [1.165, 1.54) is 0 Å². The molecular weight excluding hydrogens is 1000 g/mol. The van der Waals surface area contributed by atoms with Crippen LogP contribution in [0, 0.1) is 0 Å². The molecule has 8 aromatic rings. The molecule has 0 unspecified atom stereocenters. The normalized spacial score (nSPS) is 11.2. The molecular formula is C58H52N6O14. The van der Waals surface area contributed by atoms with Crippen LogP contribution in [0.3, 0.4) is 0 Å². The minimum atomic E-state index is -1.27. The first-order chi connectivity index (χ1) is 37.8. The van der Waals surface area contributed by atoms with E-state index in [1.807, 2.05) is 123 Å². The van der Waals surface area contributed by atoms with Gasteiger partial charge in [0.1, 0.15) is 62.4 Å². The van der Waals surface area contributed by atoms with Crippen molar-refractivity contribution >= 4 is 59.6 Å². The molecule has 4 N–H and O–H groups in total. The summed E-state index contributed by atoms with van der Waals surface area (Å²) in [7, 11) is 0. The average molecular weight is 1060 g/mol. The van der Waals surface area contributed by atoms with Crippen molar-refractivity contribution in [2.24, 2.45) is 0 Å². The Morgan fingerprint density at radius 3 is 0.987 bits per heavy atom. The van der Waals surface area contributed by atoms with Crippen LogP contribution < -0.4 is 28.7 Å². The third-order valence-electron chi connectivity index (χ3n) is 11.5. The molecule has 78 heavy (non-hydrogen) atoms. The van der Waals surface area contributed by atoms with Gasteiger partial charge in [0.15, 0.2) is 0 Å². The molecule has 0 atom stereocenters. The zero-order chi connectivity index (χ0) is 55.0. The third-order valence-corrected chi connectivity index (χ3v) is 11.5. The van der Waals surface area contributed by atoms with Crippen LogP contribution in [0.1, 0.15) is 36.1 Å². The Morgan fingerprint density at radius 1 is 0.410 bits per heavy atom. The average Bonchev–Trinajstić information content (AvgIpc) is 4.13. The standard InChI is InChI=1S/C58H52N6O14/c1-3-73-45-23-19-43(20-24-45)57-61-59-55(77-57)41-15-9-37(10-16-41)5-7-39-13-27-47(63(33-51(65)66)34-52(67)68)49(31-39)75-29-30-76-50-32-40(14-28-48(50)64(35-53(69)70)36-54(71)72)8-6-38-11-17-42(18-12-38)56-60-62-58(78-56)44-21-25-46(26-22-44)74-4-2/h5-28,31-32H,3-4,29-30,33-36H2,1-2H3,(H,65,66)(H,67,68)(H,69,70)(H,71,72)/b7-5+,8-6+. The smallest absolute Gasteiger partial charge is 0.323 e. The maximum atomic E-state index is 11.9. The molecule has 0 aliphatic carbocycles. The van der Waals surface area contributed by atoms with Gasteiger partial charge in [-0.15, -0.1) is 20.4 Å². The molecule has 0 aliphatic heterocycles. The highest BCUT2D eigenvalue weighted by Crippen LogP contribution is 2.34. The number of carboxylic acid groups (broad SMARTS) is 4. The second-order valence-corrected chi connectivity index (χ2v) is 17.1. The van der Waals surface area contributed by atoms with Gasteiger partial charge >= 0.3 is 23.9 Å². The van der Waals surface area contributed by atoms with Crippen LogP contribution in [0.4, 0.5) is 11.4 Å². The fraction of sp³-hybridized carbons (Fsp3) is 0.172. The molecule has 0 aliphatic rings. The number of carbonyl (C=O) groups is 4.